The van der Waals surface area contributed by atoms with Crippen molar-refractivity contribution < 1.29 is 24.3 Å². The molecule has 1 aliphatic heterocycles. The molecular formula is C17H21BO5. The van der Waals surface area contributed by atoms with Crippen LogP contribution in [0.5, 0.6) is 11.5 Å². The smallest absolute Gasteiger partial charge is 0.527 e. The van der Waals surface area contributed by atoms with Gasteiger partial charge in [0, 0.05) is 5.82 Å². The fraction of sp³-hybridized carbons (Fsp3) is 0.471. The lowest BCUT2D eigenvalue weighted by Gasteiger charge is -2.34. The normalized spacial score (nSPS) is 29.1. The highest BCUT2D eigenvalue weighted by Gasteiger charge is 2.53. The van der Waals surface area contributed by atoms with Crippen LogP contribution in [0.2, 0.25) is 5.82 Å². The van der Waals surface area contributed by atoms with E-state index < -0.39 is 13.1 Å². The van der Waals surface area contributed by atoms with Gasteiger partial charge in [-0.25, -0.2) is 4.79 Å². The van der Waals surface area contributed by atoms with Crippen LogP contribution in [-0.4, -0.2) is 30.3 Å². The molecule has 4 unspecified atom stereocenters. The molecule has 1 aromatic carbocycles. The van der Waals surface area contributed by atoms with E-state index >= 15 is 0 Å². The highest BCUT2D eigenvalue weighted by molar-refractivity contribution is 6.47. The van der Waals surface area contributed by atoms with E-state index in [1.165, 1.54) is 7.11 Å². The average molecular weight is 316 g/mol. The van der Waals surface area contributed by atoms with Gasteiger partial charge in [-0.05, 0) is 42.7 Å². The van der Waals surface area contributed by atoms with Gasteiger partial charge < -0.3 is 19.5 Å². The van der Waals surface area contributed by atoms with Crippen molar-refractivity contribution >= 4 is 13.1 Å². The van der Waals surface area contributed by atoms with E-state index in [2.05, 4.69) is 13.0 Å². The van der Waals surface area contributed by atoms with E-state index in [-0.39, 0.29) is 34.7 Å². The molecule has 23 heavy (non-hydrogen) atoms. The summed E-state index contributed by atoms with van der Waals surface area (Å²) in [6.45, 7) is 4.11. The third-order valence-electron chi connectivity index (χ3n) is 5.12. The Labute approximate surface area is 136 Å². The van der Waals surface area contributed by atoms with Crippen molar-refractivity contribution in [3.63, 3.8) is 0 Å². The summed E-state index contributed by atoms with van der Waals surface area (Å²) < 4.78 is 10.8. The van der Waals surface area contributed by atoms with E-state index in [4.69, 9.17) is 9.39 Å². The number of allylic oxidation sites excluding steroid dienone is 2. The minimum absolute atomic E-state index is 0.0100. The Morgan fingerprint density at radius 1 is 1.48 bits per heavy atom. The Morgan fingerprint density at radius 3 is 2.83 bits per heavy atom. The zero-order valence-electron chi connectivity index (χ0n) is 13.5. The molecule has 0 bridgehead atoms. The lowest BCUT2D eigenvalue weighted by Crippen LogP contribution is -2.38. The van der Waals surface area contributed by atoms with Gasteiger partial charge in [0.2, 0.25) is 0 Å². The number of aromatic carboxylic acids is 1. The number of fused-ring (bicyclic) bond motifs is 3. The molecule has 0 amide bonds. The van der Waals surface area contributed by atoms with E-state index in [1.54, 1.807) is 6.07 Å². The molecule has 0 radical (unpaired) electrons. The Morgan fingerprint density at radius 2 is 2.22 bits per heavy atom. The zero-order chi connectivity index (χ0) is 16.7. The Hall–Kier alpha value is -1.95. The standard InChI is InChI=1S/C17H21BO5/c1-4-5-10-8-9(2)13-11-6-7-12(22-3)14(17(19)20)16(11)23-18(21)15(10)13/h4-7,9-10,13,15,21H,8H2,1-3H3,(H,19,20)/b5-4-. The molecule has 1 fully saturated rings. The maximum atomic E-state index is 11.6. The first kappa shape index (κ1) is 15.9. The summed E-state index contributed by atoms with van der Waals surface area (Å²) in [6, 6.07) is 3.55. The zero-order valence-corrected chi connectivity index (χ0v) is 13.5. The lowest BCUT2D eigenvalue weighted by atomic mass is 9.58. The minimum Gasteiger partial charge on any atom is -0.535 e. The topological polar surface area (TPSA) is 76.0 Å². The Kier molecular flexibility index (Phi) is 4.10. The van der Waals surface area contributed by atoms with Crippen LogP contribution >= 0.6 is 0 Å². The van der Waals surface area contributed by atoms with Gasteiger partial charge in [-0.2, -0.15) is 0 Å². The second-order valence-corrected chi connectivity index (χ2v) is 6.38. The molecule has 2 aliphatic rings. The largest absolute Gasteiger partial charge is 0.535 e. The Balaban J connectivity index is 2.15. The summed E-state index contributed by atoms with van der Waals surface area (Å²) in [7, 11) is 0.417. The molecule has 122 valence electrons. The molecule has 4 atom stereocenters. The van der Waals surface area contributed by atoms with Gasteiger partial charge in [-0.15, -0.1) is 0 Å². The third kappa shape index (κ3) is 2.41. The maximum absolute atomic E-state index is 11.6. The first-order valence-electron chi connectivity index (χ1n) is 7.91. The summed E-state index contributed by atoms with van der Waals surface area (Å²) in [4.78, 5) is 11.6. The summed E-state index contributed by atoms with van der Waals surface area (Å²) in [5, 5.41) is 20.0. The number of hydrogen-bond donors (Lipinski definition) is 2. The Bertz CT molecular complexity index is 657. The van der Waals surface area contributed by atoms with Crippen molar-refractivity contribution in [2.45, 2.75) is 32.0 Å². The van der Waals surface area contributed by atoms with Gasteiger partial charge >= 0.3 is 13.1 Å². The molecule has 3 rings (SSSR count). The quantitative estimate of drug-likeness (QED) is 0.662. The van der Waals surface area contributed by atoms with E-state index in [0.29, 0.717) is 5.92 Å². The predicted octanol–water partition coefficient (Wildman–Crippen LogP) is 2.95. The van der Waals surface area contributed by atoms with Crippen LogP contribution in [-0.2, 0) is 0 Å². The molecule has 1 aliphatic carbocycles. The third-order valence-corrected chi connectivity index (χ3v) is 5.12. The second-order valence-electron chi connectivity index (χ2n) is 6.38. The number of carbonyl (C=O) groups is 1. The second kappa shape index (κ2) is 5.93. The molecule has 1 saturated carbocycles. The number of ether oxygens (including phenoxy) is 1. The fourth-order valence-electron chi connectivity index (χ4n) is 4.28. The molecule has 0 aromatic heterocycles. The number of methoxy groups -OCH3 is 1. The van der Waals surface area contributed by atoms with Crippen LogP contribution in [0.3, 0.4) is 0 Å². The van der Waals surface area contributed by atoms with Crippen LogP contribution in [0, 0.1) is 11.8 Å². The highest BCUT2D eigenvalue weighted by Crippen LogP contribution is 2.58. The molecule has 0 saturated heterocycles. The fourth-order valence-corrected chi connectivity index (χ4v) is 4.28. The first-order valence-corrected chi connectivity index (χ1v) is 7.91. The van der Waals surface area contributed by atoms with Crippen LogP contribution in [0.4, 0.5) is 0 Å². The number of carboxylic acids is 1. The van der Waals surface area contributed by atoms with Crippen molar-refractivity contribution in [1.29, 1.82) is 0 Å². The van der Waals surface area contributed by atoms with E-state index in [1.807, 2.05) is 19.1 Å². The average Bonchev–Trinajstić information content (AvgIpc) is 2.84. The van der Waals surface area contributed by atoms with Crippen LogP contribution < -0.4 is 9.39 Å². The molecule has 6 heteroatoms. The molecule has 2 N–H and O–H groups in total. The summed E-state index contributed by atoms with van der Waals surface area (Å²) in [5.41, 5.74) is 0.849. The first-order chi connectivity index (χ1) is 11.0. The summed E-state index contributed by atoms with van der Waals surface area (Å²) >= 11 is 0. The van der Waals surface area contributed by atoms with Gasteiger partial charge in [0.25, 0.3) is 0 Å². The monoisotopic (exact) mass is 316 g/mol. The van der Waals surface area contributed by atoms with Gasteiger partial charge in [-0.3, -0.25) is 0 Å². The van der Waals surface area contributed by atoms with Crippen molar-refractivity contribution in [3.8, 4) is 11.5 Å². The summed E-state index contributed by atoms with van der Waals surface area (Å²) in [5.74, 6) is -0.00842. The molecule has 1 heterocycles. The molecule has 5 nitrogen and oxygen atoms in total. The number of benzene rings is 1. The minimum atomic E-state index is -1.11. The van der Waals surface area contributed by atoms with E-state index in [9.17, 15) is 14.9 Å². The SMILES string of the molecule is C/C=C\C1CC(C)C2c3ccc(OC)c(C(=O)O)c3OB(O)C12. The number of rotatable bonds is 3. The van der Waals surface area contributed by atoms with Crippen molar-refractivity contribution in [2.24, 2.45) is 11.8 Å². The molecular weight excluding hydrogens is 295 g/mol. The maximum Gasteiger partial charge on any atom is 0.527 e. The predicted molar refractivity (Wildman–Crippen MR) is 87.1 cm³/mol. The van der Waals surface area contributed by atoms with Gasteiger partial charge in [0.1, 0.15) is 17.1 Å². The van der Waals surface area contributed by atoms with Crippen molar-refractivity contribution in [3.05, 3.63) is 35.4 Å². The number of hydrogen-bond acceptors (Lipinski definition) is 4. The van der Waals surface area contributed by atoms with Crippen LogP contribution in [0.15, 0.2) is 24.3 Å². The highest BCUT2D eigenvalue weighted by atomic mass is 16.5. The van der Waals surface area contributed by atoms with Crippen molar-refractivity contribution in [1.82, 2.24) is 0 Å². The van der Waals surface area contributed by atoms with E-state index in [0.717, 1.165) is 12.0 Å². The van der Waals surface area contributed by atoms with Crippen molar-refractivity contribution in [2.75, 3.05) is 7.11 Å². The molecule has 0 spiro atoms. The van der Waals surface area contributed by atoms with Gasteiger partial charge in [0.05, 0.1) is 7.11 Å². The van der Waals surface area contributed by atoms with Crippen LogP contribution in [0.1, 0.15) is 42.1 Å². The number of carboxylic acid groups (broad SMARTS) is 1. The summed E-state index contributed by atoms with van der Waals surface area (Å²) in [6.07, 6.45) is 5.06. The van der Waals surface area contributed by atoms with Crippen LogP contribution in [0.25, 0.3) is 0 Å². The molecule has 1 aromatic rings. The van der Waals surface area contributed by atoms with Gasteiger partial charge in [0.15, 0.2) is 0 Å². The lowest BCUT2D eigenvalue weighted by molar-refractivity contribution is 0.0690. The van der Waals surface area contributed by atoms with Gasteiger partial charge in [-0.1, -0.05) is 25.1 Å².